The minimum absolute atomic E-state index is 0. The number of nitrogens with one attached hydrogen (secondary N) is 1. The number of hydrogen-bond acceptors (Lipinski definition) is 5. The van der Waals surface area contributed by atoms with Crippen LogP contribution >= 0.6 is 0 Å². The van der Waals surface area contributed by atoms with E-state index in [9.17, 15) is 0 Å². The first kappa shape index (κ1) is 14.9. The maximum atomic E-state index is 5.60. The van der Waals surface area contributed by atoms with Crippen LogP contribution in [0.2, 0.25) is 0 Å². The van der Waals surface area contributed by atoms with Gasteiger partial charge in [0, 0.05) is 38.5 Å². The second-order valence-electron chi connectivity index (χ2n) is 6.27. The van der Waals surface area contributed by atoms with Gasteiger partial charge in [-0.2, -0.15) is 5.10 Å². The molecule has 6 nitrogen and oxygen atoms in total. The minimum atomic E-state index is 0. The van der Waals surface area contributed by atoms with Crippen LogP contribution in [-0.2, 0) is 13.0 Å². The van der Waals surface area contributed by atoms with Gasteiger partial charge >= 0.3 is 0 Å². The van der Waals surface area contributed by atoms with E-state index in [4.69, 9.17) is 9.72 Å². The molecule has 1 aliphatic rings. The lowest BCUT2D eigenvalue weighted by molar-refractivity contribution is 0.357. The van der Waals surface area contributed by atoms with Crippen molar-refractivity contribution < 1.29 is 6.16 Å². The zero-order chi connectivity index (χ0) is 17.3. The van der Waals surface area contributed by atoms with Crippen molar-refractivity contribution in [3.05, 3.63) is 72.3 Å². The van der Waals surface area contributed by atoms with Gasteiger partial charge in [-0.05, 0) is 47.0 Å². The van der Waals surface area contributed by atoms with Gasteiger partial charge in [-0.25, -0.2) is 9.50 Å². The molecule has 0 atom stereocenters. The average Bonchev–Trinajstić information content (AvgIpc) is 3.33. The van der Waals surface area contributed by atoms with Crippen LogP contribution in [0, 0.1) is 0 Å². The van der Waals surface area contributed by atoms with Crippen LogP contribution in [0.4, 0.5) is 5.82 Å². The Bertz CT molecular complexity index is 1080. The fourth-order valence-electron chi connectivity index (χ4n) is 3.22. The van der Waals surface area contributed by atoms with E-state index >= 15 is 0 Å². The van der Waals surface area contributed by atoms with E-state index in [-0.39, 0.29) is 1.43 Å². The molecule has 4 heterocycles. The zero-order valence-electron chi connectivity index (χ0n) is 14.1. The molecule has 4 aromatic rings. The maximum Gasteiger partial charge on any atom is 0.165 e. The molecule has 26 heavy (non-hydrogen) atoms. The van der Waals surface area contributed by atoms with Crippen molar-refractivity contribution in [2.75, 3.05) is 11.9 Å². The number of rotatable bonds is 4. The van der Waals surface area contributed by atoms with E-state index in [1.165, 1.54) is 5.56 Å². The first-order valence-electron chi connectivity index (χ1n) is 8.60. The van der Waals surface area contributed by atoms with Crippen LogP contribution in [0.25, 0.3) is 16.8 Å². The van der Waals surface area contributed by atoms with Crippen molar-refractivity contribution in [1.82, 2.24) is 19.6 Å². The lowest BCUT2D eigenvalue weighted by Crippen LogP contribution is -2.03. The molecule has 1 aliphatic heterocycles. The Morgan fingerprint density at radius 3 is 3.00 bits per heavy atom. The standard InChI is InChI=1S/C20H17N5O.H2/c1-2-18-16(6-10-26-18)11-15(1)17-13-23-25-9-5-19(24-20(17)25)22-12-14-3-7-21-8-4-14;/h1-5,7-9,11,13H,6,10,12H2,(H,22,24);1H. The van der Waals surface area contributed by atoms with Gasteiger partial charge in [0.2, 0.25) is 0 Å². The molecule has 0 saturated heterocycles. The highest BCUT2D eigenvalue weighted by Crippen LogP contribution is 2.32. The highest BCUT2D eigenvalue weighted by molar-refractivity contribution is 5.78. The van der Waals surface area contributed by atoms with Crippen molar-refractivity contribution in [3.8, 4) is 16.9 Å². The second-order valence-corrected chi connectivity index (χ2v) is 6.27. The summed E-state index contributed by atoms with van der Waals surface area (Å²) >= 11 is 0. The normalized spacial score (nSPS) is 12.8. The van der Waals surface area contributed by atoms with Crippen LogP contribution in [0.15, 0.2) is 61.2 Å². The van der Waals surface area contributed by atoms with E-state index in [0.717, 1.165) is 46.9 Å². The molecule has 0 aliphatic carbocycles. The van der Waals surface area contributed by atoms with Crippen molar-refractivity contribution in [1.29, 1.82) is 0 Å². The molecule has 1 aromatic carbocycles. The predicted molar refractivity (Wildman–Crippen MR) is 101 cm³/mol. The first-order valence-corrected chi connectivity index (χ1v) is 8.60. The largest absolute Gasteiger partial charge is 0.493 e. The third-order valence-corrected chi connectivity index (χ3v) is 4.59. The van der Waals surface area contributed by atoms with Gasteiger partial charge in [0.05, 0.1) is 12.8 Å². The quantitative estimate of drug-likeness (QED) is 0.612. The molecule has 6 heteroatoms. The second kappa shape index (κ2) is 6.15. The Morgan fingerprint density at radius 2 is 2.08 bits per heavy atom. The van der Waals surface area contributed by atoms with Crippen LogP contribution in [-0.4, -0.2) is 26.2 Å². The smallest absolute Gasteiger partial charge is 0.165 e. The Balaban J connectivity index is 0.00000180. The van der Waals surface area contributed by atoms with Gasteiger partial charge in [0.15, 0.2) is 5.65 Å². The van der Waals surface area contributed by atoms with E-state index in [1.54, 1.807) is 16.9 Å². The third-order valence-electron chi connectivity index (χ3n) is 4.59. The number of ether oxygens (including phenoxy) is 1. The van der Waals surface area contributed by atoms with Crippen LogP contribution in [0.3, 0.4) is 0 Å². The Kier molecular flexibility index (Phi) is 3.52. The van der Waals surface area contributed by atoms with E-state index in [0.29, 0.717) is 6.54 Å². The average molecular weight is 345 g/mol. The zero-order valence-corrected chi connectivity index (χ0v) is 14.1. The van der Waals surface area contributed by atoms with E-state index in [2.05, 4.69) is 27.5 Å². The summed E-state index contributed by atoms with van der Waals surface area (Å²) in [6.45, 7) is 1.46. The molecule has 0 bridgehead atoms. The van der Waals surface area contributed by atoms with Crippen LogP contribution in [0.5, 0.6) is 5.75 Å². The molecule has 3 aromatic heterocycles. The molecular formula is C20H19N5O. The summed E-state index contributed by atoms with van der Waals surface area (Å²) in [5.74, 6) is 1.80. The topological polar surface area (TPSA) is 64.3 Å². The van der Waals surface area contributed by atoms with Crippen LogP contribution < -0.4 is 10.1 Å². The molecule has 5 rings (SSSR count). The lowest BCUT2D eigenvalue weighted by Gasteiger charge is -2.07. The van der Waals surface area contributed by atoms with Gasteiger partial charge in [0.25, 0.3) is 0 Å². The predicted octanol–water partition coefficient (Wildman–Crippen LogP) is 3.58. The van der Waals surface area contributed by atoms with E-state index < -0.39 is 0 Å². The highest BCUT2D eigenvalue weighted by atomic mass is 16.5. The van der Waals surface area contributed by atoms with Gasteiger partial charge in [0.1, 0.15) is 11.6 Å². The molecular weight excluding hydrogens is 326 g/mol. The molecule has 130 valence electrons. The molecule has 0 spiro atoms. The highest BCUT2D eigenvalue weighted by Gasteiger charge is 2.15. The molecule has 0 radical (unpaired) electrons. The number of nitrogens with zero attached hydrogens (tertiary/aromatic N) is 4. The van der Waals surface area contributed by atoms with Gasteiger partial charge in [-0.15, -0.1) is 0 Å². The Hall–Kier alpha value is -3.41. The van der Waals surface area contributed by atoms with Gasteiger partial charge in [-0.1, -0.05) is 6.07 Å². The summed E-state index contributed by atoms with van der Waals surface area (Å²) in [5, 5.41) is 7.80. The number of aromatic nitrogens is 4. The summed E-state index contributed by atoms with van der Waals surface area (Å²) in [5.41, 5.74) is 5.38. The summed E-state index contributed by atoms with van der Waals surface area (Å²) in [6.07, 6.45) is 8.33. The third kappa shape index (κ3) is 2.65. The molecule has 0 saturated carbocycles. The SMILES string of the molecule is [HH].c1cc(CNc2ccn3ncc(-c4ccc5c(c4)CCO5)c3n2)ccn1. The van der Waals surface area contributed by atoms with Gasteiger partial charge < -0.3 is 10.1 Å². The van der Waals surface area contributed by atoms with E-state index in [1.807, 2.05) is 36.7 Å². The van der Waals surface area contributed by atoms with Crippen molar-refractivity contribution >= 4 is 11.5 Å². The summed E-state index contributed by atoms with van der Waals surface area (Å²) < 4.78 is 7.40. The minimum Gasteiger partial charge on any atom is -0.493 e. The molecule has 0 amide bonds. The van der Waals surface area contributed by atoms with Crippen molar-refractivity contribution in [2.24, 2.45) is 0 Å². The van der Waals surface area contributed by atoms with Crippen molar-refractivity contribution in [2.45, 2.75) is 13.0 Å². The number of anilines is 1. The Labute approximate surface area is 152 Å². The first-order chi connectivity index (χ1) is 12.9. The van der Waals surface area contributed by atoms with Crippen molar-refractivity contribution in [3.63, 3.8) is 0 Å². The summed E-state index contributed by atoms with van der Waals surface area (Å²) in [7, 11) is 0. The number of hydrogen-bond donors (Lipinski definition) is 1. The lowest BCUT2D eigenvalue weighted by atomic mass is 10.0. The maximum absolute atomic E-state index is 5.60. The molecule has 1 N–H and O–H groups in total. The number of benzene rings is 1. The number of fused-ring (bicyclic) bond motifs is 2. The van der Waals surface area contributed by atoms with Gasteiger partial charge in [-0.3, -0.25) is 4.98 Å². The fourth-order valence-corrected chi connectivity index (χ4v) is 3.22. The molecule has 0 unspecified atom stereocenters. The summed E-state index contributed by atoms with van der Waals surface area (Å²) in [4.78, 5) is 8.80. The van der Waals surface area contributed by atoms with Crippen LogP contribution in [0.1, 0.15) is 12.6 Å². The number of pyridine rings is 1. The monoisotopic (exact) mass is 345 g/mol. The Morgan fingerprint density at radius 1 is 1.15 bits per heavy atom. The fraction of sp³-hybridized carbons (Fsp3) is 0.150. The molecule has 0 fully saturated rings. The summed E-state index contributed by atoms with van der Waals surface area (Å²) in [6, 6.07) is 12.2.